The maximum atomic E-state index is 13.5. The number of aromatic nitrogens is 4. The van der Waals surface area contributed by atoms with Crippen LogP contribution in [0, 0.1) is 5.82 Å². The van der Waals surface area contributed by atoms with Crippen molar-refractivity contribution in [2.45, 2.75) is 26.2 Å². The number of hydrogen-bond acceptors (Lipinski definition) is 8. The minimum absolute atomic E-state index is 0.0441. The van der Waals surface area contributed by atoms with E-state index in [4.69, 9.17) is 14.0 Å². The molecule has 0 saturated heterocycles. The van der Waals surface area contributed by atoms with Gasteiger partial charge in [0.25, 0.3) is 21.6 Å². The molecule has 0 aliphatic carbocycles. The minimum atomic E-state index is -3.67. The van der Waals surface area contributed by atoms with Gasteiger partial charge in [0.1, 0.15) is 23.0 Å². The van der Waals surface area contributed by atoms with Crippen molar-refractivity contribution in [1.29, 1.82) is 0 Å². The van der Waals surface area contributed by atoms with E-state index in [9.17, 15) is 26.8 Å². The molecular formula is C27H29F2N5O7S. The van der Waals surface area contributed by atoms with Crippen LogP contribution in [0.3, 0.4) is 0 Å². The molecule has 15 heteroatoms. The Morgan fingerprint density at radius 2 is 1.71 bits per heavy atom. The number of amides is 1. The average Bonchev–Trinajstić information content (AvgIpc) is 3.33. The largest absolute Gasteiger partial charge is 0.461 e. The summed E-state index contributed by atoms with van der Waals surface area (Å²) in [4.78, 5) is 29.0. The predicted molar refractivity (Wildman–Crippen MR) is 148 cm³/mol. The van der Waals surface area contributed by atoms with E-state index in [1.807, 2.05) is 24.3 Å². The normalized spacial score (nSPS) is 11.0. The van der Waals surface area contributed by atoms with Crippen molar-refractivity contribution in [1.82, 2.24) is 24.6 Å². The van der Waals surface area contributed by atoms with Crippen LogP contribution in [-0.2, 0) is 41.1 Å². The summed E-state index contributed by atoms with van der Waals surface area (Å²) in [5.41, 5.74) is 2.66. The van der Waals surface area contributed by atoms with Crippen molar-refractivity contribution < 1.29 is 36.0 Å². The van der Waals surface area contributed by atoms with Gasteiger partial charge in [-0.25, -0.2) is 8.78 Å². The van der Waals surface area contributed by atoms with Crippen LogP contribution >= 0.6 is 0 Å². The number of carbonyl (C=O) groups excluding carboxylic acids is 1. The first-order chi connectivity index (χ1) is 20.0. The number of rotatable bonds is 11. The number of ether oxygens (including phenoxy) is 2. The Balaban J connectivity index is 0.000000892. The Kier molecular flexibility index (Phi) is 11.4. The zero-order chi connectivity index (χ0) is 30.7. The Bertz CT molecular complexity index is 1650. The van der Waals surface area contributed by atoms with Crippen molar-refractivity contribution in [2.75, 3.05) is 20.2 Å². The summed E-state index contributed by atoms with van der Waals surface area (Å²) in [6.45, 7) is -0.185. The molecule has 0 atom stereocenters. The second-order valence-corrected chi connectivity index (χ2v) is 10.3. The lowest BCUT2D eigenvalue weighted by Gasteiger charge is -2.09. The molecule has 3 aromatic heterocycles. The third kappa shape index (κ3) is 10.2. The molecule has 4 rings (SSSR count). The first-order valence-corrected chi connectivity index (χ1v) is 14.1. The molecule has 4 aromatic rings. The highest BCUT2D eigenvalue weighted by Crippen LogP contribution is 2.16. The van der Waals surface area contributed by atoms with Gasteiger partial charge in [-0.05, 0) is 29.3 Å². The van der Waals surface area contributed by atoms with E-state index >= 15 is 0 Å². The smallest absolute Gasteiger partial charge is 0.261 e. The van der Waals surface area contributed by atoms with Crippen LogP contribution in [0.4, 0.5) is 8.78 Å². The maximum Gasteiger partial charge on any atom is 0.261 e. The van der Waals surface area contributed by atoms with Crippen molar-refractivity contribution in [3.8, 4) is 5.75 Å². The summed E-state index contributed by atoms with van der Waals surface area (Å²) in [6, 6.07) is 13.0. The molecule has 0 fully saturated rings. The molecule has 0 unspecified atom stereocenters. The quantitative estimate of drug-likeness (QED) is 0.246. The van der Waals surface area contributed by atoms with Crippen molar-refractivity contribution in [2.24, 2.45) is 0 Å². The molecule has 1 amide bonds. The molecule has 0 bridgehead atoms. The summed E-state index contributed by atoms with van der Waals surface area (Å²) >= 11 is 0. The molecule has 0 saturated carbocycles. The zero-order valence-corrected chi connectivity index (χ0v) is 23.6. The standard InChI is InChI=1S/C26H25F2N5O4.CH4O3S/c1-36-16-23-21(26(35)30-11-22-24(37-17-27)3-2-10-29-22)15-33(31-23)13-19-6-4-18(5-7-19)12-32-14-20(28)8-9-25(32)34;1-5(2,3)4/h2-10,14-15H,11-13,16-17H2,1H3,(H,30,35);1H3,(H,2,3,4). The molecule has 0 aliphatic heterocycles. The molecule has 224 valence electrons. The number of halogens is 2. The predicted octanol–water partition coefficient (Wildman–Crippen LogP) is 2.56. The van der Waals surface area contributed by atoms with E-state index in [-0.39, 0.29) is 36.9 Å². The summed E-state index contributed by atoms with van der Waals surface area (Å²) in [6.07, 6.45) is 5.05. The highest BCUT2D eigenvalue weighted by molar-refractivity contribution is 7.85. The van der Waals surface area contributed by atoms with Crippen LogP contribution in [0.15, 0.2) is 71.9 Å². The Morgan fingerprint density at radius 3 is 2.36 bits per heavy atom. The van der Waals surface area contributed by atoms with Gasteiger partial charge >= 0.3 is 0 Å². The fraction of sp³-hybridized carbons (Fsp3) is 0.259. The maximum absolute atomic E-state index is 13.5. The third-order valence-electron chi connectivity index (χ3n) is 5.51. The molecule has 2 N–H and O–H groups in total. The topological polar surface area (TPSA) is 155 Å². The number of hydrogen-bond donors (Lipinski definition) is 2. The lowest BCUT2D eigenvalue weighted by Crippen LogP contribution is -2.24. The third-order valence-corrected chi connectivity index (χ3v) is 5.51. The number of pyridine rings is 2. The Labute approximate surface area is 240 Å². The number of alkyl halides is 1. The van der Waals surface area contributed by atoms with Gasteiger partial charge in [0.2, 0.25) is 6.86 Å². The van der Waals surface area contributed by atoms with Gasteiger partial charge in [-0.3, -0.25) is 23.8 Å². The van der Waals surface area contributed by atoms with Gasteiger partial charge in [-0.15, -0.1) is 0 Å². The highest BCUT2D eigenvalue weighted by atomic mass is 32.2. The molecule has 0 radical (unpaired) electrons. The van der Waals surface area contributed by atoms with E-state index in [1.54, 1.807) is 23.0 Å². The number of benzene rings is 1. The molecule has 12 nitrogen and oxygen atoms in total. The first kappa shape index (κ1) is 32.0. The van der Waals surface area contributed by atoms with Crippen molar-refractivity contribution >= 4 is 16.0 Å². The average molecular weight is 606 g/mol. The number of nitrogens with one attached hydrogen (secondary N) is 1. The summed E-state index contributed by atoms with van der Waals surface area (Å²) in [5.74, 6) is -0.606. The monoisotopic (exact) mass is 605 g/mol. The second-order valence-electron chi connectivity index (χ2n) is 8.87. The lowest BCUT2D eigenvalue weighted by molar-refractivity contribution is 0.0944. The second kappa shape index (κ2) is 15.0. The molecule has 0 aliphatic rings. The number of methoxy groups -OCH3 is 1. The van der Waals surface area contributed by atoms with Crippen LogP contribution in [0.2, 0.25) is 0 Å². The van der Waals surface area contributed by atoms with E-state index in [2.05, 4.69) is 15.4 Å². The van der Waals surface area contributed by atoms with Crippen LogP contribution in [0.1, 0.15) is 32.9 Å². The van der Waals surface area contributed by atoms with Gasteiger partial charge in [0, 0.05) is 31.8 Å². The molecular weight excluding hydrogens is 576 g/mol. The van der Waals surface area contributed by atoms with Crippen LogP contribution in [0.25, 0.3) is 0 Å². The van der Waals surface area contributed by atoms with Gasteiger partial charge in [-0.2, -0.15) is 13.5 Å². The zero-order valence-electron chi connectivity index (χ0n) is 22.7. The summed E-state index contributed by atoms with van der Waals surface area (Å²) < 4.78 is 65.0. The highest BCUT2D eigenvalue weighted by Gasteiger charge is 2.17. The van der Waals surface area contributed by atoms with Gasteiger partial charge in [0.15, 0.2) is 0 Å². The van der Waals surface area contributed by atoms with Crippen LogP contribution in [0.5, 0.6) is 5.75 Å². The summed E-state index contributed by atoms with van der Waals surface area (Å²) in [5, 5.41) is 7.25. The van der Waals surface area contributed by atoms with Crippen molar-refractivity contribution in [3.05, 3.63) is 111 Å². The van der Waals surface area contributed by atoms with Gasteiger partial charge in [-0.1, -0.05) is 24.3 Å². The van der Waals surface area contributed by atoms with Gasteiger partial charge in [0.05, 0.1) is 38.1 Å². The molecule has 0 spiro atoms. The fourth-order valence-electron chi connectivity index (χ4n) is 3.74. The minimum Gasteiger partial charge on any atom is -0.461 e. The number of carbonyl (C=O) groups is 1. The Morgan fingerprint density at radius 1 is 1.05 bits per heavy atom. The van der Waals surface area contributed by atoms with E-state index in [0.29, 0.717) is 29.8 Å². The van der Waals surface area contributed by atoms with E-state index in [1.165, 1.54) is 30.1 Å². The Hall–Kier alpha value is -4.47. The van der Waals surface area contributed by atoms with Crippen LogP contribution in [-0.4, -0.2) is 58.4 Å². The molecule has 42 heavy (non-hydrogen) atoms. The first-order valence-electron chi connectivity index (χ1n) is 12.3. The lowest BCUT2D eigenvalue weighted by atomic mass is 10.1. The fourth-order valence-corrected chi connectivity index (χ4v) is 3.74. The SMILES string of the molecule is COCc1nn(Cc2ccc(Cn3cc(F)ccc3=O)cc2)cc1C(=O)NCc1ncccc1OCF.CS(=O)(=O)O. The molecule has 3 heterocycles. The van der Waals surface area contributed by atoms with Crippen molar-refractivity contribution in [3.63, 3.8) is 0 Å². The summed E-state index contributed by atoms with van der Waals surface area (Å²) in [7, 11) is -2.15. The van der Waals surface area contributed by atoms with Crippen LogP contribution < -0.4 is 15.6 Å². The van der Waals surface area contributed by atoms with Gasteiger partial charge < -0.3 is 19.4 Å². The van der Waals surface area contributed by atoms with E-state index in [0.717, 1.165) is 17.2 Å². The number of nitrogens with zero attached hydrogens (tertiary/aromatic N) is 4. The molecule has 1 aromatic carbocycles. The van der Waals surface area contributed by atoms with E-state index < -0.39 is 22.8 Å².